The number of nitrogens with two attached hydrogens (primary N) is 1. The van der Waals surface area contributed by atoms with Gasteiger partial charge in [-0.05, 0) is 6.42 Å². The van der Waals surface area contributed by atoms with E-state index in [9.17, 15) is 4.79 Å². The molecule has 4 heteroatoms. The van der Waals surface area contributed by atoms with Gasteiger partial charge in [0.15, 0.2) is 0 Å². The summed E-state index contributed by atoms with van der Waals surface area (Å²) in [7, 11) is 0. The number of amides is 1. The van der Waals surface area contributed by atoms with Crippen molar-refractivity contribution in [3.63, 3.8) is 0 Å². The van der Waals surface area contributed by atoms with Crippen molar-refractivity contribution in [1.82, 2.24) is 5.32 Å². The summed E-state index contributed by atoms with van der Waals surface area (Å²) in [6.07, 6.45) is 6.55. The van der Waals surface area contributed by atoms with Crippen molar-refractivity contribution in [2.24, 2.45) is 5.73 Å². The Hall–Kier alpha value is -0.610. The maximum atomic E-state index is 11.3. The highest BCUT2D eigenvalue weighted by Crippen LogP contribution is 2.04. The molecule has 0 saturated carbocycles. The lowest BCUT2D eigenvalue weighted by molar-refractivity contribution is -0.121. The van der Waals surface area contributed by atoms with Crippen LogP contribution in [-0.4, -0.2) is 32.2 Å². The quantitative estimate of drug-likeness (QED) is 0.528. The normalized spacial score (nSPS) is 10.4. The van der Waals surface area contributed by atoms with Crippen molar-refractivity contribution in [3.8, 4) is 0 Å². The summed E-state index contributed by atoms with van der Waals surface area (Å²) in [5, 5.41) is 2.83. The van der Waals surface area contributed by atoms with Crippen LogP contribution in [0, 0.1) is 0 Å². The second-order valence-corrected chi connectivity index (χ2v) is 3.92. The fraction of sp³-hybridized carbons (Fsp3) is 0.917. The predicted molar refractivity (Wildman–Crippen MR) is 66.3 cm³/mol. The topological polar surface area (TPSA) is 64.3 Å². The molecule has 0 aromatic rings. The molecule has 0 aromatic heterocycles. The molecule has 0 fully saturated rings. The van der Waals surface area contributed by atoms with Gasteiger partial charge >= 0.3 is 0 Å². The zero-order valence-corrected chi connectivity index (χ0v) is 10.5. The Balaban J connectivity index is 3.12. The molecule has 0 spiro atoms. The summed E-state index contributed by atoms with van der Waals surface area (Å²) in [5.74, 6) is 0.132. The summed E-state index contributed by atoms with van der Waals surface area (Å²) in [6.45, 7) is 4.43. The maximum absolute atomic E-state index is 11.3. The smallest absolute Gasteiger partial charge is 0.220 e. The van der Waals surface area contributed by atoms with E-state index in [0.29, 0.717) is 32.7 Å². The van der Waals surface area contributed by atoms with E-state index in [2.05, 4.69) is 12.2 Å². The summed E-state index contributed by atoms with van der Waals surface area (Å²) in [6, 6.07) is 0. The third kappa shape index (κ3) is 11.5. The van der Waals surface area contributed by atoms with Crippen molar-refractivity contribution in [2.45, 2.75) is 45.4 Å². The molecule has 0 aliphatic carbocycles. The number of ether oxygens (including phenoxy) is 1. The minimum absolute atomic E-state index is 0.132. The van der Waals surface area contributed by atoms with Gasteiger partial charge in [-0.25, -0.2) is 0 Å². The fourth-order valence-electron chi connectivity index (χ4n) is 1.43. The van der Waals surface area contributed by atoms with Crippen molar-refractivity contribution >= 4 is 5.91 Å². The molecule has 0 atom stereocenters. The molecule has 16 heavy (non-hydrogen) atoms. The molecule has 3 N–H and O–H groups in total. The second kappa shape index (κ2) is 12.5. The lowest BCUT2D eigenvalue weighted by atomic mass is 10.1. The lowest BCUT2D eigenvalue weighted by Crippen LogP contribution is -2.27. The van der Waals surface area contributed by atoms with Gasteiger partial charge in [-0.15, -0.1) is 0 Å². The predicted octanol–water partition coefficient (Wildman–Crippen LogP) is 1.44. The maximum Gasteiger partial charge on any atom is 0.220 e. The molecule has 4 nitrogen and oxygen atoms in total. The lowest BCUT2D eigenvalue weighted by Gasteiger charge is -2.05. The molecule has 96 valence electrons. The fourth-order valence-corrected chi connectivity index (χ4v) is 1.43. The van der Waals surface area contributed by atoms with Crippen LogP contribution in [0.15, 0.2) is 0 Å². The Morgan fingerprint density at radius 3 is 2.62 bits per heavy atom. The highest BCUT2D eigenvalue weighted by Gasteiger charge is 1.99. The summed E-state index contributed by atoms with van der Waals surface area (Å²) >= 11 is 0. The van der Waals surface area contributed by atoms with E-state index >= 15 is 0 Å². The Kier molecular flexibility index (Phi) is 12.0. The number of hydrogen-bond acceptors (Lipinski definition) is 3. The van der Waals surface area contributed by atoms with Crippen LogP contribution in [0.25, 0.3) is 0 Å². The van der Waals surface area contributed by atoms with Gasteiger partial charge in [0, 0.05) is 19.5 Å². The number of hydrogen-bond donors (Lipinski definition) is 2. The van der Waals surface area contributed by atoms with Crippen LogP contribution < -0.4 is 11.1 Å². The largest absolute Gasteiger partial charge is 0.378 e. The van der Waals surface area contributed by atoms with Crippen LogP contribution in [0.3, 0.4) is 0 Å². The van der Waals surface area contributed by atoms with E-state index in [1.165, 1.54) is 19.3 Å². The zero-order valence-electron chi connectivity index (χ0n) is 10.5. The van der Waals surface area contributed by atoms with Crippen LogP contribution in [0.4, 0.5) is 0 Å². The number of unbranched alkanes of at least 4 members (excludes halogenated alkanes) is 4. The summed E-state index contributed by atoms with van der Waals surface area (Å²) in [4.78, 5) is 11.3. The molecule has 0 heterocycles. The third-order valence-electron chi connectivity index (χ3n) is 2.34. The van der Waals surface area contributed by atoms with Gasteiger partial charge in [0.2, 0.25) is 5.91 Å². The van der Waals surface area contributed by atoms with Crippen LogP contribution in [0.2, 0.25) is 0 Å². The SMILES string of the molecule is CCCCCCCC(=O)NCCOCCN. The highest BCUT2D eigenvalue weighted by molar-refractivity contribution is 5.75. The number of carbonyl (C=O) groups excluding carboxylic acids is 1. The first kappa shape index (κ1) is 15.4. The van der Waals surface area contributed by atoms with Crippen molar-refractivity contribution < 1.29 is 9.53 Å². The van der Waals surface area contributed by atoms with E-state index in [4.69, 9.17) is 10.5 Å². The molecular formula is C12H26N2O2. The van der Waals surface area contributed by atoms with Crippen LogP contribution >= 0.6 is 0 Å². The molecule has 1 amide bonds. The Bertz CT molecular complexity index is 147. The van der Waals surface area contributed by atoms with Gasteiger partial charge in [-0.1, -0.05) is 32.6 Å². The number of nitrogens with one attached hydrogen (secondary N) is 1. The monoisotopic (exact) mass is 230 g/mol. The first-order chi connectivity index (χ1) is 7.81. The molecule has 0 saturated heterocycles. The Morgan fingerprint density at radius 2 is 1.94 bits per heavy atom. The second-order valence-electron chi connectivity index (χ2n) is 3.92. The molecule has 0 bridgehead atoms. The van der Waals surface area contributed by atoms with Gasteiger partial charge in [-0.2, -0.15) is 0 Å². The average Bonchev–Trinajstić information content (AvgIpc) is 2.28. The minimum Gasteiger partial charge on any atom is -0.378 e. The minimum atomic E-state index is 0.132. The first-order valence-electron chi connectivity index (χ1n) is 6.35. The molecule has 0 radical (unpaired) electrons. The summed E-state index contributed by atoms with van der Waals surface area (Å²) in [5.41, 5.74) is 5.26. The third-order valence-corrected chi connectivity index (χ3v) is 2.34. The van der Waals surface area contributed by atoms with E-state index in [-0.39, 0.29) is 5.91 Å². The Morgan fingerprint density at radius 1 is 1.19 bits per heavy atom. The number of carbonyl (C=O) groups is 1. The molecule has 0 aliphatic heterocycles. The molecule has 0 rings (SSSR count). The Labute approximate surface area is 98.9 Å². The highest BCUT2D eigenvalue weighted by atomic mass is 16.5. The standard InChI is InChI=1S/C12H26N2O2/c1-2-3-4-5-6-7-12(15)14-9-11-16-10-8-13/h2-11,13H2,1H3,(H,14,15). The van der Waals surface area contributed by atoms with Gasteiger partial charge in [0.1, 0.15) is 0 Å². The van der Waals surface area contributed by atoms with Gasteiger partial charge < -0.3 is 15.8 Å². The van der Waals surface area contributed by atoms with Crippen LogP contribution in [-0.2, 0) is 9.53 Å². The van der Waals surface area contributed by atoms with E-state index in [1.807, 2.05) is 0 Å². The summed E-state index contributed by atoms with van der Waals surface area (Å²) < 4.78 is 5.15. The zero-order chi connectivity index (χ0) is 12.1. The molecule has 0 aliphatic rings. The molecule has 0 aromatic carbocycles. The number of rotatable bonds is 11. The molecule has 0 unspecified atom stereocenters. The van der Waals surface area contributed by atoms with E-state index < -0.39 is 0 Å². The van der Waals surface area contributed by atoms with E-state index in [1.54, 1.807) is 0 Å². The van der Waals surface area contributed by atoms with Gasteiger partial charge in [0.05, 0.1) is 13.2 Å². The average molecular weight is 230 g/mol. The van der Waals surface area contributed by atoms with Crippen LogP contribution in [0.5, 0.6) is 0 Å². The van der Waals surface area contributed by atoms with Crippen LogP contribution in [0.1, 0.15) is 45.4 Å². The van der Waals surface area contributed by atoms with Crippen molar-refractivity contribution in [3.05, 3.63) is 0 Å². The van der Waals surface area contributed by atoms with Crippen molar-refractivity contribution in [2.75, 3.05) is 26.3 Å². The van der Waals surface area contributed by atoms with Gasteiger partial charge in [0.25, 0.3) is 0 Å². The van der Waals surface area contributed by atoms with Crippen molar-refractivity contribution in [1.29, 1.82) is 0 Å². The first-order valence-corrected chi connectivity index (χ1v) is 6.35. The van der Waals surface area contributed by atoms with Gasteiger partial charge in [-0.3, -0.25) is 4.79 Å². The van der Waals surface area contributed by atoms with E-state index in [0.717, 1.165) is 12.8 Å². The molecular weight excluding hydrogens is 204 g/mol.